The van der Waals surface area contributed by atoms with Crippen molar-refractivity contribution in [2.75, 3.05) is 13.1 Å². The number of aliphatic carboxylic acids is 1. The minimum Gasteiger partial charge on any atom is -0.481 e. The number of carboxylic acid groups (broad SMARTS) is 1. The maximum Gasteiger partial charge on any atom is 0.308 e. The second kappa shape index (κ2) is 4.79. The maximum atomic E-state index is 12.0. The van der Waals surface area contributed by atoms with Gasteiger partial charge in [0, 0.05) is 19.3 Å². The van der Waals surface area contributed by atoms with Crippen LogP contribution in [0, 0.1) is 5.92 Å². The number of aromatic amines is 1. The zero-order chi connectivity index (χ0) is 12.4. The van der Waals surface area contributed by atoms with Gasteiger partial charge in [-0.1, -0.05) is 11.6 Å². The van der Waals surface area contributed by atoms with E-state index >= 15 is 0 Å². The summed E-state index contributed by atoms with van der Waals surface area (Å²) < 4.78 is 0. The average Bonchev–Trinajstić information content (AvgIpc) is 2.75. The van der Waals surface area contributed by atoms with Gasteiger partial charge in [0.15, 0.2) is 0 Å². The number of piperidine rings is 1. The first kappa shape index (κ1) is 12.0. The smallest absolute Gasteiger partial charge is 0.308 e. The zero-order valence-electron chi connectivity index (χ0n) is 9.15. The third kappa shape index (κ3) is 2.61. The Morgan fingerprint density at radius 2 is 2.29 bits per heavy atom. The summed E-state index contributed by atoms with van der Waals surface area (Å²) in [7, 11) is 0. The Bertz CT molecular complexity index is 444. The molecule has 0 aliphatic carbocycles. The Kier molecular flexibility index (Phi) is 3.38. The Hall–Kier alpha value is -1.49. The predicted octanol–water partition coefficient (Wildman–Crippen LogP) is 1.60. The van der Waals surface area contributed by atoms with Gasteiger partial charge >= 0.3 is 5.97 Å². The van der Waals surface area contributed by atoms with E-state index in [0.717, 1.165) is 6.42 Å². The van der Waals surface area contributed by atoms with Crippen LogP contribution in [0.15, 0.2) is 12.3 Å². The molecule has 5 nitrogen and oxygen atoms in total. The van der Waals surface area contributed by atoms with E-state index in [-0.39, 0.29) is 12.5 Å². The van der Waals surface area contributed by atoms with Crippen molar-refractivity contribution in [1.29, 1.82) is 0 Å². The van der Waals surface area contributed by atoms with Crippen LogP contribution in [-0.4, -0.2) is 40.0 Å². The third-order valence-corrected chi connectivity index (χ3v) is 3.15. The monoisotopic (exact) mass is 256 g/mol. The SMILES string of the molecule is O=C(O)[C@H]1CCCN(C(=O)c2cc(Cl)c[nH]2)C1. The molecule has 1 aromatic rings. The first-order valence-corrected chi connectivity index (χ1v) is 5.81. The molecule has 1 aromatic heterocycles. The molecule has 2 rings (SSSR count). The number of carbonyl (C=O) groups excluding carboxylic acids is 1. The molecule has 0 unspecified atom stereocenters. The summed E-state index contributed by atoms with van der Waals surface area (Å²) in [5.74, 6) is -1.49. The first-order valence-electron chi connectivity index (χ1n) is 5.44. The van der Waals surface area contributed by atoms with Crippen molar-refractivity contribution in [3.63, 3.8) is 0 Å². The summed E-state index contributed by atoms with van der Waals surface area (Å²) >= 11 is 5.73. The first-order chi connectivity index (χ1) is 8.08. The van der Waals surface area contributed by atoms with E-state index in [1.165, 1.54) is 6.20 Å². The van der Waals surface area contributed by atoms with Crippen LogP contribution in [0.5, 0.6) is 0 Å². The molecule has 1 aliphatic rings. The van der Waals surface area contributed by atoms with Crippen LogP contribution in [0.2, 0.25) is 5.02 Å². The molecule has 0 saturated carbocycles. The molecule has 1 amide bonds. The summed E-state index contributed by atoms with van der Waals surface area (Å²) in [6, 6.07) is 1.55. The summed E-state index contributed by atoms with van der Waals surface area (Å²) in [4.78, 5) is 27.3. The number of rotatable bonds is 2. The maximum absolute atomic E-state index is 12.0. The van der Waals surface area contributed by atoms with Crippen molar-refractivity contribution in [1.82, 2.24) is 9.88 Å². The molecule has 0 bridgehead atoms. The molecule has 0 spiro atoms. The van der Waals surface area contributed by atoms with Gasteiger partial charge in [0.25, 0.3) is 5.91 Å². The number of hydrogen-bond acceptors (Lipinski definition) is 2. The van der Waals surface area contributed by atoms with Crippen molar-refractivity contribution >= 4 is 23.5 Å². The number of H-pyrrole nitrogens is 1. The van der Waals surface area contributed by atoms with Crippen LogP contribution in [0.25, 0.3) is 0 Å². The topological polar surface area (TPSA) is 73.4 Å². The number of likely N-dealkylation sites (tertiary alicyclic amines) is 1. The summed E-state index contributed by atoms with van der Waals surface area (Å²) in [6.45, 7) is 0.865. The summed E-state index contributed by atoms with van der Waals surface area (Å²) in [6.07, 6.45) is 2.88. The highest BCUT2D eigenvalue weighted by Crippen LogP contribution is 2.19. The lowest BCUT2D eigenvalue weighted by atomic mass is 9.98. The number of carbonyl (C=O) groups is 2. The average molecular weight is 257 g/mol. The van der Waals surface area contributed by atoms with Crippen molar-refractivity contribution in [2.45, 2.75) is 12.8 Å². The van der Waals surface area contributed by atoms with Gasteiger partial charge in [-0.25, -0.2) is 0 Å². The van der Waals surface area contributed by atoms with Crippen molar-refractivity contribution in [3.05, 3.63) is 23.0 Å². The molecule has 2 N–H and O–H groups in total. The molecule has 6 heteroatoms. The van der Waals surface area contributed by atoms with E-state index in [4.69, 9.17) is 16.7 Å². The Labute approximate surface area is 103 Å². The number of nitrogens with one attached hydrogen (secondary N) is 1. The van der Waals surface area contributed by atoms with E-state index in [0.29, 0.717) is 23.7 Å². The van der Waals surface area contributed by atoms with E-state index in [2.05, 4.69) is 4.98 Å². The number of hydrogen-bond donors (Lipinski definition) is 2. The number of aromatic nitrogens is 1. The molecule has 17 heavy (non-hydrogen) atoms. The van der Waals surface area contributed by atoms with Gasteiger partial charge in [-0.15, -0.1) is 0 Å². The van der Waals surface area contributed by atoms with E-state index < -0.39 is 11.9 Å². The molecule has 0 aromatic carbocycles. The molecule has 1 saturated heterocycles. The predicted molar refractivity (Wildman–Crippen MR) is 62.1 cm³/mol. The van der Waals surface area contributed by atoms with E-state index in [1.54, 1.807) is 11.0 Å². The normalized spacial score (nSPS) is 20.3. The van der Waals surface area contributed by atoms with Gasteiger partial charge < -0.3 is 15.0 Å². The lowest BCUT2D eigenvalue weighted by Gasteiger charge is -2.30. The molecule has 1 fully saturated rings. The number of halogens is 1. The van der Waals surface area contributed by atoms with Crippen LogP contribution >= 0.6 is 11.6 Å². The van der Waals surface area contributed by atoms with Crippen LogP contribution in [0.3, 0.4) is 0 Å². The van der Waals surface area contributed by atoms with Crippen molar-refractivity contribution in [2.24, 2.45) is 5.92 Å². The fourth-order valence-electron chi connectivity index (χ4n) is 2.02. The standard InChI is InChI=1S/C11H13ClN2O3/c12-8-4-9(13-5-8)10(15)14-3-1-2-7(6-14)11(16)17/h4-5,7,13H,1-3,6H2,(H,16,17)/t7-/m0/s1. The summed E-state index contributed by atoms with van der Waals surface area (Å²) in [5.41, 5.74) is 0.404. The van der Waals surface area contributed by atoms with Crippen molar-refractivity contribution in [3.8, 4) is 0 Å². The van der Waals surface area contributed by atoms with Crippen molar-refractivity contribution < 1.29 is 14.7 Å². The lowest BCUT2D eigenvalue weighted by molar-refractivity contribution is -0.143. The molecule has 0 radical (unpaired) electrons. The van der Waals surface area contributed by atoms with E-state index in [9.17, 15) is 9.59 Å². The Balaban J connectivity index is 2.07. The largest absolute Gasteiger partial charge is 0.481 e. The minimum absolute atomic E-state index is 0.192. The highest BCUT2D eigenvalue weighted by molar-refractivity contribution is 6.30. The second-order valence-electron chi connectivity index (χ2n) is 4.16. The van der Waals surface area contributed by atoms with Crippen LogP contribution in [0.4, 0.5) is 0 Å². The van der Waals surface area contributed by atoms with Gasteiger partial charge in [0.1, 0.15) is 5.69 Å². The molecular formula is C11H13ClN2O3. The zero-order valence-corrected chi connectivity index (χ0v) is 9.91. The quantitative estimate of drug-likeness (QED) is 0.844. The fraction of sp³-hybridized carbons (Fsp3) is 0.455. The number of carboxylic acids is 1. The van der Waals surface area contributed by atoms with Gasteiger partial charge in [-0.2, -0.15) is 0 Å². The molecular weight excluding hydrogens is 244 g/mol. The highest BCUT2D eigenvalue weighted by atomic mass is 35.5. The molecule has 1 aliphatic heterocycles. The van der Waals surface area contributed by atoms with Crippen LogP contribution < -0.4 is 0 Å². The molecule has 1 atom stereocenters. The van der Waals surface area contributed by atoms with Crippen LogP contribution in [-0.2, 0) is 4.79 Å². The lowest BCUT2D eigenvalue weighted by Crippen LogP contribution is -2.42. The number of nitrogens with zero attached hydrogens (tertiary/aromatic N) is 1. The molecule has 2 heterocycles. The fourth-order valence-corrected chi connectivity index (χ4v) is 2.19. The third-order valence-electron chi connectivity index (χ3n) is 2.94. The van der Waals surface area contributed by atoms with Gasteiger partial charge in [-0.3, -0.25) is 9.59 Å². The number of amides is 1. The van der Waals surface area contributed by atoms with Gasteiger partial charge in [0.05, 0.1) is 10.9 Å². The molecule has 92 valence electrons. The van der Waals surface area contributed by atoms with Gasteiger partial charge in [-0.05, 0) is 18.9 Å². The second-order valence-corrected chi connectivity index (χ2v) is 4.60. The summed E-state index contributed by atoms with van der Waals surface area (Å²) in [5, 5.41) is 9.42. The highest BCUT2D eigenvalue weighted by Gasteiger charge is 2.29. The van der Waals surface area contributed by atoms with E-state index in [1.807, 2.05) is 0 Å². The Morgan fingerprint density at radius 3 is 2.88 bits per heavy atom. The van der Waals surface area contributed by atoms with Gasteiger partial charge in [0.2, 0.25) is 0 Å². The minimum atomic E-state index is -0.841. The Morgan fingerprint density at radius 1 is 1.53 bits per heavy atom. The van der Waals surface area contributed by atoms with Crippen LogP contribution in [0.1, 0.15) is 23.3 Å².